The molecule has 0 amide bonds. The van der Waals surface area contributed by atoms with Crippen molar-refractivity contribution in [3.63, 3.8) is 0 Å². The zero-order valence-corrected chi connectivity index (χ0v) is 6.56. The monoisotopic (exact) mass is 137 g/mol. The predicted octanol–water partition coefficient (Wildman–Crippen LogP) is 2.35. The molecule has 0 saturated carbocycles. The van der Waals surface area contributed by atoms with E-state index in [-0.39, 0.29) is 0 Å². The maximum Gasteiger partial charge on any atom is 0.0116 e. The lowest BCUT2D eigenvalue weighted by atomic mass is 10.0. The van der Waals surface area contributed by atoms with E-state index in [2.05, 4.69) is 19.1 Å². The van der Waals surface area contributed by atoms with Crippen molar-refractivity contribution in [1.82, 2.24) is 0 Å². The molecule has 0 saturated heterocycles. The smallest absolute Gasteiger partial charge is 0.0116 e. The third-order valence-corrected chi connectivity index (χ3v) is 1.83. The molecule has 0 aliphatic heterocycles. The molecular weight excluding hydrogens is 122 g/mol. The van der Waals surface area contributed by atoms with Crippen molar-refractivity contribution in [2.75, 3.05) is 0 Å². The number of hydrogen-bond acceptors (Lipinski definition) is 1. The van der Waals surface area contributed by atoms with Crippen LogP contribution in [0.3, 0.4) is 0 Å². The fourth-order valence-electron chi connectivity index (χ4n) is 1.25. The van der Waals surface area contributed by atoms with Gasteiger partial charge in [0, 0.05) is 5.70 Å². The molecule has 56 valence electrons. The highest BCUT2D eigenvalue weighted by Gasteiger charge is 2.02. The molecule has 0 unspecified atom stereocenters. The van der Waals surface area contributed by atoms with Gasteiger partial charge in [-0.3, -0.25) is 0 Å². The van der Waals surface area contributed by atoms with Crippen LogP contribution >= 0.6 is 0 Å². The third kappa shape index (κ3) is 1.63. The second kappa shape index (κ2) is 3.45. The number of nitrogens with two attached hydrogens (primary N) is 1. The number of hydrogen-bond donors (Lipinski definition) is 1. The van der Waals surface area contributed by atoms with E-state index in [1.165, 1.54) is 12.0 Å². The molecule has 1 rings (SSSR count). The van der Waals surface area contributed by atoms with Gasteiger partial charge in [0.05, 0.1) is 0 Å². The van der Waals surface area contributed by atoms with E-state index in [1.807, 2.05) is 0 Å². The molecule has 0 aromatic heterocycles. The van der Waals surface area contributed by atoms with Gasteiger partial charge in [0.25, 0.3) is 0 Å². The Bertz CT molecular complexity index is 166. The summed E-state index contributed by atoms with van der Waals surface area (Å²) in [4.78, 5) is 0. The van der Waals surface area contributed by atoms with Crippen LogP contribution < -0.4 is 5.73 Å². The van der Waals surface area contributed by atoms with Gasteiger partial charge in [-0.2, -0.15) is 0 Å². The third-order valence-electron chi connectivity index (χ3n) is 1.83. The van der Waals surface area contributed by atoms with E-state index in [1.54, 1.807) is 0 Å². The summed E-state index contributed by atoms with van der Waals surface area (Å²) in [5.74, 6) is 0. The highest BCUT2D eigenvalue weighted by atomic mass is 14.6. The van der Waals surface area contributed by atoms with Gasteiger partial charge in [0.15, 0.2) is 0 Å². The molecule has 1 aliphatic carbocycles. The zero-order chi connectivity index (χ0) is 7.40. The lowest BCUT2D eigenvalue weighted by Gasteiger charge is -2.10. The molecule has 0 aromatic rings. The standard InChI is InChI=1S/C9H15N/c1-2-5-8-6-3-4-7-9(8)10/h3,6H,2,4-5,7,10H2,1H3. The van der Waals surface area contributed by atoms with Crippen LogP contribution in [0.25, 0.3) is 0 Å². The quantitative estimate of drug-likeness (QED) is 0.621. The van der Waals surface area contributed by atoms with Crippen molar-refractivity contribution in [3.8, 4) is 0 Å². The van der Waals surface area contributed by atoms with Crippen molar-refractivity contribution in [1.29, 1.82) is 0 Å². The summed E-state index contributed by atoms with van der Waals surface area (Å²) in [7, 11) is 0. The van der Waals surface area contributed by atoms with Crippen molar-refractivity contribution >= 4 is 0 Å². The van der Waals surface area contributed by atoms with Crippen LogP contribution in [0.5, 0.6) is 0 Å². The first-order valence-corrected chi connectivity index (χ1v) is 3.98. The molecular formula is C9H15N. The van der Waals surface area contributed by atoms with Crippen LogP contribution in [0.2, 0.25) is 0 Å². The summed E-state index contributed by atoms with van der Waals surface area (Å²) >= 11 is 0. The molecule has 0 bridgehead atoms. The molecule has 0 heterocycles. The summed E-state index contributed by atoms with van der Waals surface area (Å²) in [6.07, 6.45) is 8.90. The molecule has 2 N–H and O–H groups in total. The zero-order valence-electron chi connectivity index (χ0n) is 6.56. The van der Waals surface area contributed by atoms with Gasteiger partial charge in [-0.05, 0) is 24.8 Å². The van der Waals surface area contributed by atoms with E-state index >= 15 is 0 Å². The second-order valence-corrected chi connectivity index (χ2v) is 2.74. The van der Waals surface area contributed by atoms with Gasteiger partial charge in [0.1, 0.15) is 0 Å². The molecule has 0 radical (unpaired) electrons. The first kappa shape index (κ1) is 7.39. The van der Waals surface area contributed by atoms with Crippen LogP contribution in [0.1, 0.15) is 32.6 Å². The fourth-order valence-corrected chi connectivity index (χ4v) is 1.25. The predicted molar refractivity (Wildman–Crippen MR) is 44.5 cm³/mol. The maximum atomic E-state index is 5.79. The molecule has 1 aliphatic rings. The average Bonchev–Trinajstić information content (AvgIpc) is 1.94. The highest BCUT2D eigenvalue weighted by Crippen LogP contribution is 2.18. The Hall–Kier alpha value is -0.720. The maximum absolute atomic E-state index is 5.79. The first-order valence-electron chi connectivity index (χ1n) is 3.98. The summed E-state index contributed by atoms with van der Waals surface area (Å²) in [6, 6.07) is 0. The van der Waals surface area contributed by atoms with Gasteiger partial charge in [-0.15, -0.1) is 0 Å². The van der Waals surface area contributed by atoms with Crippen molar-refractivity contribution in [3.05, 3.63) is 23.4 Å². The molecule has 0 fully saturated rings. The molecule has 10 heavy (non-hydrogen) atoms. The van der Waals surface area contributed by atoms with Crippen molar-refractivity contribution < 1.29 is 0 Å². The molecule has 1 nitrogen and oxygen atoms in total. The Labute approximate surface area is 62.6 Å². The fraction of sp³-hybridized carbons (Fsp3) is 0.556. The van der Waals surface area contributed by atoms with Gasteiger partial charge in [0.2, 0.25) is 0 Å². The molecule has 1 heteroatoms. The van der Waals surface area contributed by atoms with Crippen LogP contribution in [-0.2, 0) is 0 Å². The van der Waals surface area contributed by atoms with E-state index in [4.69, 9.17) is 5.73 Å². The Morgan fingerprint density at radius 1 is 1.60 bits per heavy atom. The van der Waals surface area contributed by atoms with Gasteiger partial charge in [-0.1, -0.05) is 25.5 Å². The lowest BCUT2D eigenvalue weighted by molar-refractivity contribution is 0.849. The van der Waals surface area contributed by atoms with Gasteiger partial charge in [-0.25, -0.2) is 0 Å². The van der Waals surface area contributed by atoms with E-state index in [0.29, 0.717) is 0 Å². The average molecular weight is 137 g/mol. The second-order valence-electron chi connectivity index (χ2n) is 2.74. The van der Waals surface area contributed by atoms with Crippen molar-refractivity contribution in [2.45, 2.75) is 32.6 Å². The lowest BCUT2D eigenvalue weighted by Crippen LogP contribution is -2.03. The van der Waals surface area contributed by atoms with Gasteiger partial charge < -0.3 is 5.73 Å². The van der Waals surface area contributed by atoms with E-state index in [9.17, 15) is 0 Å². The van der Waals surface area contributed by atoms with E-state index in [0.717, 1.165) is 25.0 Å². The Balaban J connectivity index is 2.60. The van der Waals surface area contributed by atoms with E-state index < -0.39 is 0 Å². The molecule has 0 aromatic carbocycles. The topological polar surface area (TPSA) is 26.0 Å². The molecule has 0 atom stereocenters. The minimum atomic E-state index is 1.06. The largest absolute Gasteiger partial charge is 0.402 e. The highest BCUT2D eigenvalue weighted by molar-refractivity contribution is 5.27. The SMILES string of the molecule is CCCC1=C(N)CCC=C1. The molecule has 0 spiro atoms. The van der Waals surface area contributed by atoms with Gasteiger partial charge >= 0.3 is 0 Å². The minimum absolute atomic E-state index is 1.06. The first-order chi connectivity index (χ1) is 4.84. The van der Waals surface area contributed by atoms with Crippen LogP contribution in [0.15, 0.2) is 23.4 Å². The summed E-state index contributed by atoms with van der Waals surface area (Å²) in [5, 5.41) is 0. The van der Waals surface area contributed by atoms with Crippen LogP contribution in [-0.4, -0.2) is 0 Å². The number of rotatable bonds is 2. The Morgan fingerprint density at radius 3 is 3.00 bits per heavy atom. The minimum Gasteiger partial charge on any atom is -0.402 e. The summed E-state index contributed by atoms with van der Waals surface area (Å²) < 4.78 is 0. The normalized spacial score (nSPS) is 18.1. The van der Waals surface area contributed by atoms with Crippen LogP contribution in [0, 0.1) is 0 Å². The van der Waals surface area contributed by atoms with Crippen molar-refractivity contribution in [2.24, 2.45) is 5.73 Å². The summed E-state index contributed by atoms with van der Waals surface area (Å²) in [5.41, 5.74) is 8.25. The Kier molecular flexibility index (Phi) is 2.55. The summed E-state index contributed by atoms with van der Waals surface area (Å²) in [6.45, 7) is 2.18. The Morgan fingerprint density at radius 2 is 2.40 bits per heavy atom. The number of allylic oxidation sites excluding steroid dienone is 4. The van der Waals surface area contributed by atoms with Crippen LogP contribution in [0.4, 0.5) is 0 Å².